The fourth-order valence-corrected chi connectivity index (χ4v) is 2.54. The molecule has 0 aliphatic heterocycles. The SMILES string of the molecule is C[N+](C)(CC#N)C(c1ccccc1)c1ccccc1. The molecule has 0 heterocycles. The molecule has 0 radical (unpaired) electrons. The Balaban J connectivity index is 2.49. The van der Waals surface area contributed by atoms with Crippen molar-refractivity contribution in [2.45, 2.75) is 6.04 Å². The summed E-state index contributed by atoms with van der Waals surface area (Å²) < 4.78 is 0.629. The fraction of sp³-hybridized carbons (Fsp3) is 0.235. The molecule has 2 aromatic carbocycles. The van der Waals surface area contributed by atoms with Crippen LogP contribution in [0.2, 0.25) is 0 Å². The minimum atomic E-state index is 0.182. The van der Waals surface area contributed by atoms with Gasteiger partial charge in [0.25, 0.3) is 0 Å². The molecule has 0 fully saturated rings. The Morgan fingerprint density at radius 1 is 0.895 bits per heavy atom. The predicted octanol–water partition coefficient (Wildman–Crippen LogP) is 3.38. The Hall–Kier alpha value is -2.11. The quantitative estimate of drug-likeness (QED) is 0.603. The summed E-state index contributed by atoms with van der Waals surface area (Å²) in [6, 6.07) is 23.3. The summed E-state index contributed by atoms with van der Waals surface area (Å²) >= 11 is 0. The summed E-state index contributed by atoms with van der Waals surface area (Å²) in [6.45, 7) is 0.481. The number of hydrogen-bond acceptors (Lipinski definition) is 1. The number of nitrogens with zero attached hydrogens (tertiary/aromatic N) is 2. The maximum absolute atomic E-state index is 9.08. The highest BCUT2D eigenvalue weighted by Crippen LogP contribution is 2.31. The molecule has 0 atom stereocenters. The van der Waals surface area contributed by atoms with Crippen LogP contribution in [0.15, 0.2) is 60.7 Å². The van der Waals surface area contributed by atoms with Crippen molar-refractivity contribution in [1.29, 1.82) is 5.26 Å². The van der Waals surface area contributed by atoms with Crippen molar-refractivity contribution in [3.63, 3.8) is 0 Å². The molecule has 2 rings (SSSR count). The van der Waals surface area contributed by atoms with Gasteiger partial charge in [-0.05, 0) is 0 Å². The summed E-state index contributed by atoms with van der Waals surface area (Å²) in [4.78, 5) is 0. The lowest BCUT2D eigenvalue weighted by Crippen LogP contribution is -2.44. The van der Waals surface area contributed by atoms with E-state index in [0.717, 1.165) is 0 Å². The van der Waals surface area contributed by atoms with Gasteiger partial charge in [-0.15, -0.1) is 0 Å². The smallest absolute Gasteiger partial charge is 0.166 e. The molecule has 0 N–H and O–H groups in total. The highest BCUT2D eigenvalue weighted by Gasteiger charge is 2.31. The topological polar surface area (TPSA) is 23.8 Å². The Kier molecular flexibility index (Phi) is 3.99. The second kappa shape index (κ2) is 5.69. The van der Waals surface area contributed by atoms with Gasteiger partial charge in [-0.2, -0.15) is 5.26 Å². The summed E-state index contributed by atoms with van der Waals surface area (Å²) in [5.74, 6) is 0. The van der Waals surface area contributed by atoms with Crippen LogP contribution in [-0.4, -0.2) is 25.1 Å². The predicted molar refractivity (Wildman–Crippen MR) is 77.3 cm³/mol. The van der Waals surface area contributed by atoms with Gasteiger partial charge in [0.1, 0.15) is 12.1 Å². The summed E-state index contributed by atoms with van der Waals surface area (Å²) in [7, 11) is 4.21. The fourth-order valence-electron chi connectivity index (χ4n) is 2.54. The Morgan fingerprint density at radius 2 is 1.32 bits per heavy atom. The van der Waals surface area contributed by atoms with E-state index in [0.29, 0.717) is 11.0 Å². The number of quaternary nitrogens is 1. The highest BCUT2D eigenvalue weighted by atomic mass is 15.3. The van der Waals surface area contributed by atoms with Gasteiger partial charge in [-0.3, -0.25) is 0 Å². The van der Waals surface area contributed by atoms with Gasteiger partial charge < -0.3 is 4.48 Å². The van der Waals surface area contributed by atoms with Crippen LogP contribution in [0.25, 0.3) is 0 Å². The number of nitriles is 1. The van der Waals surface area contributed by atoms with Gasteiger partial charge in [0.2, 0.25) is 0 Å². The zero-order valence-electron chi connectivity index (χ0n) is 11.5. The molecule has 0 bridgehead atoms. The van der Waals surface area contributed by atoms with Crippen LogP contribution in [0.4, 0.5) is 0 Å². The molecular weight excluding hydrogens is 232 g/mol. The van der Waals surface area contributed by atoms with Crippen molar-refractivity contribution in [3.05, 3.63) is 71.8 Å². The highest BCUT2D eigenvalue weighted by molar-refractivity contribution is 5.29. The number of rotatable bonds is 4. The van der Waals surface area contributed by atoms with Gasteiger partial charge in [0, 0.05) is 11.1 Å². The third-order valence-electron chi connectivity index (χ3n) is 3.41. The lowest BCUT2D eigenvalue weighted by Gasteiger charge is -2.36. The first-order chi connectivity index (χ1) is 9.15. The average molecular weight is 251 g/mol. The zero-order valence-corrected chi connectivity index (χ0v) is 11.5. The van der Waals surface area contributed by atoms with Crippen molar-refractivity contribution < 1.29 is 4.48 Å². The van der Waals surface area contributed by atoms with Crippen molar-refractivity contribution in [3.8, 4) is 6.07 Å². The van der Waals surface area contributed by atoms with Crippen LogP contribution in [0, 0.1) is 11.3 Å². The van der Waals surface area contributed by atoms with Crippen LogP contribution in [0.3, 0.4) is 0 Å². The molecule has 2 aromatic rings. The molecule has 0 aliphatic rings. The molecule has 0 amide bonds. The lowest BCUT2D eigenvalue weighted by molar-refractivity contribution is -0.908. The first-order valence-electron chi connectivity index (χ1n) is 6.44. The molecule has 0 unspecified atom stereocenters. The van der Waals surface area contributed by atoms with E-state index in [4.69, 9.17) is 5.26 Å². The van der Waals surface area contributed by atoms with Gasteiger partial charge in [-0.1, -0.05) is 60.7 Å². The van der Waals surface area contributed by atoms with Crippen molar-refractivity contribution in [2.75, 3.05) is 20.6 Å². The van der Waals surface area contributed by atoms with Gasteiger partial charge in [-0.25, -0.2) is 0 Å². The molecule has 2 heteroatoms. The first-order valence-corrected chi connectivity index (χ1v) is 6.44. The molecule has 0 aromatic heterocycles. The van der Waals surface area contributed by atoms with Crippen LogP contribution in [0.5, 0.6) is 0 Å². The van der Waals surface area contributed by atoms with E-state index in [2.05, 4.69) is 68.7 Å². The van der Waals surface area contributed by atoms with Crippen LogP contribution >= 0.6 is 0 Å². The molecule has 2 nitrogen and oxygen atoms in total. The standard InChI is InChI=1S/C17H19N2/c1-19(2,14-13-18)17(15-9-5-3-6-10-15)16-11-7-4-8-12-16/h3-12,17H,14H2,1-2H3/q+1. The third-order valence-corrected chi connectivity index (χ3v) is 3.41. The molecule has 19 heavy (non-hydrogen) atoms. The molecule has 0 saturated heterocycles. The van der Waals surface area contributed by atoms with E-state index < -0.39 is 0 Å². The largest absolute Gasteiger partial charge is 0.307 e. The maximum Gasteiger partial charge on any atom is 0.166 e. The molecule has 0 aliphatic carbocycles. The first kappa shape index (κ1) is 13.3. The van der Waals surface area contributed by atoms with Crippen LogP contribution in [-0.2, 0) is 0 Å². The Labute approximate surface area is 115 Å². The molecule has 96 valence electrons. The zero-order chi connectivity index (χ0) is 13.7. The van der Waals surface area contributed by atoms with E-state index in [9.17, 15) is 0 Å². The second-order valence-electron chi connectivity index (χ2n) is 5.32. The second-order valence-corrected chi connectivity index (χ2v) is 5.32. The summed E-state index contributed by atoms with van der Waals surface area (Å²) in [6.07, 6.45) is 0. The van der Waals surface area contributed by atoms with Crippen molar-refractivity contribution in [2.24, 2.45) is 0 Å². The van der Waals surface area contributed by atoms with E-state index in [1.807, 2.05) is 12.1 Å². The molecular formula is C17H19N2+. The Morgan fingerprint density at radius 3 is 1.68 bits per heavy atom. The average Bonchev–Trinajstić information content (AvgIpc) is 2.41. The van der Waals surface area contributed by atoms with Crippen molar-refractivity contribution in [1.82, 2.24) is 0 Å². The van der Waals surface area contributed by atoms with Gasteiger partial charge in [0.15, 0.2) is 6.54 Å². The number of benzene rings is 2. The summed E-state index contributed by atoms with van der Waals surface area (Å²) in [5.41, 5.74) is 2.49. The monoisotopic (exact) mass is 251 g/mol. The van der Waals surface area contributed by atoms with E-state index in [1.165, 1.54) is 11.1 Å². The van der Waals surface area contributed by atoms with Gasteiger partial charge in [0.05, 0.1) is 14.1 Å². The normalized spacial score (nSPS) is 11.3. The van der Waals surface area contributed by atoms with Gasteiger partial charge >= 0.3 is 0 Å². The molecule has 0 spiro atoms. The molecule has 0 saturated carbocycles. The Bertz CT molecular complexity index is 513. The number of hydrogen-bond donors (Lipinski definition) is 0. The van der Waals surface area contributed by atoms with E-state index in [1.54, 1.807) is 0 Å². The maximum atomic E-state index is 9.08. The minimum absolute atomic E-state index is 0.182. The lowest BCUT2D eigenvalue weighted by atomic mass is 9.96. The summed E-state index contributed by atoms with van der Waals surface area (Å²) in [5, 5.41) is 9.08. The van der Waals surface area contributed by atoms with Crippen LogP contribution < -0.4 is 0 Å². The third kappa shape index (κ3) is 3.01. The van der Waals surface area contributed by atoms with Crippen molar-refractivity contribution >= 4 is 0 Å². The minimum Gasteiger partial charge on any atom is -0.307 e. The van der Waals surface area contributed by atoms with E-state index in [-0.39, 0.29) is 6.04 Å². The van der Waals surface area contributed by atoms with Crippen LogP contribution in [0.1, 0.15) is 17.2 Å². The van der Waals surface area contributed by atoms with E-state index >= 15 is 0 Å².